The predicted molar refractivity (Wildman–Crippen MR) is 135 cm³/mol. The van der Waals surface area contributed by atoms with E-state index < -0.39 is 23.9 Å². The van der Waals surface area contributed by atoms with Crippen LogP contribution in [0.5, 0.6) is 0 Å². The van der Waals surface area contributed by atoms with Crippen LogP contribution in [0, 0.1) is 11.0 Å². The van der Waals surface area contributed by atoms with Crippen molar-refractivity contribution in [1.82, 2.24) is 10.2 Å². The second-order valence-corrected chi connectivity index (χ2v) is 9.28. The number of ether oxygens (including phenoxy) is 1. The number of hydrogen-bond acceptors (Lipinski definition) is 7. The summed E-state index contributed by atoms with van der Waals surface area (Å²) < 4.78 is 20.8. The number of aromatic nitrogens is 1. The molecule has 3 heterocycles. The van der Waals surface area contributed by atoms with E-state index in [4.69, 9.17) is 4.74 Å². The van der Waals surface area contributed by atoms with Crippen molar-refractivity contribution in [1.29, 1.82) is 0 Å². The number of amides is 3. The van der Waals surface area contributed by atoms with Crippen molar-refractivity contribution in [3.63, 3.8) is 0 Å². The molecule has 3 amide bonds. The van der Waals surface area contributed by atoms with Gasteiger partial charge >= 0.3 is 12.0 Å². The molecule has 0 spiro atoms. The van der Waals surface area contributed by atoms with Gasteiger partial charge in [0.05, 0.1) is 17.9 Å². The number of halogens is 1. The molecule has 2 aliphatic rings. The van der Waals surface area contributed by atoms with Gasteiger partial charge in [-0.25, -0.2) is 9.18 Å². The molecule has 0 bridgehead atoms. The number of Topliss-reactive ketones (excluding diaryl/α,β-unsaturated/α-hetero) is 1. The number of hydrogen-bond donors (Lipinski definition) is 1. The lowest BCUT2D eigenvalue weighted by molar-refractivity contribution is -0.607. The molecule has 0 aliphatic carbocycles. The Morgan fingerprint density at radius 3 is 2.58 bits per heavy atom. The van der Waals surface area contributed by atoms with E-state index in [1.165, 1.54) is 36.2 Å². The molecule has 2 saturated heterocycles. The Bertz CT molecular complexity index is 1220. The highest BCUT2D eigenvalue weighted by Crippen LogP contribution is 2.29. The Labute approximate surface area is 219 Å². The van der Waals surface area contributed by atoms with Crippen molar-refractivity contribution < 1.29 is 33.0 Å². The lowest BCUT2D eigenvalue weighted by atomic mass is 10.1. The molecule has 2 aliphatic heterocycles. The number of nitrogens with zero attached hydrogens (tertiary/aromatic N) is 4. The van der Waals surface area contributed by atoms with Crippen LogP contribution in [0.2, 0.25) is 0 Å². The van der Waals surface area contributed by atoms with Gasteiger partial charge in [-0.3, -0.25) is 14.5 Å². The third-order valence-electron chi connectivity index (χ3n) is 6.59. The molecule has 2 fully saturated rings. The van der Waals surface area contributed by atoms with Crippen molar-refractivity contribution in [3.8, 4) is 0 Å². The van der Waals surface area contributed by atoms with Gasteiger partial charge in [0.15, 0.2) is 6.20 Å². The lowest BCUT2D eigenvalue weighted by Gasteiger charge is -2.36. The van der Waals surface area contributed by atoms with E-state index >= 15 is 4.39 Å². The number of pyridine rings is 1. The average molecular weight is 528 g/mol. The Balaban J connectivity index is 1.25. The summed E-state index contributed by atoms with van der Waals surface area (Å²) >= 11 is 0. The molecule has 1 aromatic heterocycles. The number of cyclic esters (lactones) is 1. The maximum absolute atomic E-state index is 15.0. The summed E-state index contributed by atoms with van der Waals surface area (Å²) in [5.41, 5.74) is 0.717. The first kappa shape index (κ1) is 26.8. The van der Waals surface area contributed by atoms with Gasteiger partial charge in [0.1, 0.15) is 17.7 Å². The van der Waals surface area contributed by atoms with Crippen molar-refractivity contribution in [2.24, 2.45) is 0 Å². The van der Waals surface area contributed by atoms with E-state index in [1.807, 2.05) is 4.90 Å². The summed E-state index contributed by atoms with van der Waals surface area (Å²) in [5.74, 6) is -1.16. The molecule has 0 radical (unpaired) electrons. The highest BCUT2D eigenvalue weighted by atomic mass is 19.1. The van der Waals surface area contributed by atoms with Crippen molar-refractivity contribution >= 4 is 35.1 Å². The van der Waals surface area contributed by atoms with Gasteiger partial charge in [-0.2, -0.15) is 4.73 Å². The lowest BCUT2D eigenvalue weighted by Crippen LogP contribution is -2.49. The van der Waals surface area contributed by atoms with Gasteiger partial charge in [-0.1, -0.05) is 0 Å². The van der Waals surface area contributed by atoms with Crippen LogP contribution in [0.4, 0.5) is 20.6 Å². The summed E-state index contributed by atoms with van der Waals surface area (Å²) in [6.45, 7) is 3.47. The van der Waals surface area contributed by atoms with Gasteiger partial charge < -0.3 is 29.9 Å². The van der Waals surface area contributed by atoms with Gasteiger partial charge in [-0.05, 0) is 37.6 Å². The molecule has 0 unspecified atom stereocenters. The highest BCUT2D eigenvalue weighted by Gasteiger charge is 2.33. The normalized spacial score (nSPS) is 17.4. The summed E-state index contributed by atoms with van der Waals surface area (Å²) in [7, 11) is 0. The van der Waals surface area contributed by atoms with Crippen molar-refractivity contribution in [2.75, 3.05) is 49.1 Å². The van der Waals surface area contributed by atoms with Gasteiger partial charge in [0.2, 0.25) is 5.91 Å². The molecule has 4 rings (SSSR count). The van der Waals surface area contributed by atoms with Crippen LogP contribution in [0.15, 0.2) is 42.6 Å². The number of carbonyl (C=O) groups excluding carboxylic acids is 4. The summed E-state index contributed by atoms with van der Waals surface area (Å²) in [5, 5.41) is 14.2. The number of carbonyl (C=O) groups is 4. The molecule has 202 valence electrons. The Kier molecular flexibility index (Phi) is 8.39. The number of ketones is 1. The summed E-state index contributed by atoms with van der Waals surface area (Å²) in [4.78, 5) is 53.0. The van der Waals surface area contributed by atoms with Crippen LogP contribution >= 0.6 is 0 Å². The van der Waals surface area contributed by atoms with E-state index in [2.05, 4.69) is 5.32 Å². The molecule has 12 heteroatoms. The van der Waals surface area contributed by atoms with E-state index in [0.29, 0.717) is 55.1 Å². The topological polar surface area (TPSA) is 126 Å². The fourth-order valence-corrected chi connectivity index (χ4v) is 4.50. The van der Waals surface area contributed by atoms with E-state index in [9.17, 15) is 24.4 Å². The van der Waals surface area contributed by atoms with Crippen LogP contribution in [-0.2, 0) is 14.3 Å². The van der Waals surface area contributed by atoms with Crippen molar-refractivity contribution in [3.05, 3.63) is 59.3 Å². The Morgan fingerprint density at radius 2 is 1.89 bits per heavy atom. The number of anilines is 2. The summed E-state index contributed by atoms with van der Waals surface area (Å²) in [6, 6.07) is 9.07. The zero-order valence-corrected chi connectivity index (χ0v) is 21.1. The third kappa shape index (κ3) is 6.36. The molecule has 11 nitrogen and oxygen atoms in total. The molecular weight excluding hydrogens is 497 g/mol. The van der Waals surface area contributed by atoms with E-state index in [1.54, 1.807) is 23.1 Å². The third-order valence-corrected chi connectivity index (χ3v) is 6.59. The number of piperazine rings is 1. The van der Waals surface area contributed by atoms with Crippen LogP contribution < -0.4 is 19.8 Å². The first-order valence-electron chi connectivity index (χ1n) is 12.5. The molecule has 0 saturated carbocycles. The van der Waals surface area contributed by atoms with Gasteiger partial charge in [0, 0.05) is 57.7 Å². The molecule has 2 aromatic rings. The highest BCUT2D eigenvalue weighted by molar-refractivity contribution is 5.91. The maximum atomic E-state index is 15.0. The quantitative estimate of drug-likeness (QED) is 0.388. The SMILES string of the molecule is CC(=O)CC[C@H]1CN(c2ccc(N3CCN(C(=O)CCNC(=O)c4cccc[n+]4[O-])CC3)c(F)c2)C(=O)O1. The molecular formula is C26H30FN5O6. The van der Waals surface area contributed by atoms with Gasteiger partial charge in [-0.15, -0.1) is 0 Å². The second-order valence-electron chi connectivity index (χ2n) is 9.28. The number of nitrogens with one attached hydrogen (secondary N) is 1. The minimum absolute atomic E-state index is 0.0182. The van der Waals surface area contributed by atoms with Crippen LogP contribution in [0.25, 0.3) is 0 Å². The Morgan fingerprint density at radius 1 is 1.13 bits per heavy atom. The van der Waals surface area contributed by atoms with E-state index in [-0.39, 0.29) is 36.9 Å². The predicted octanol–water partition coefficient (Wildman–Crippen LogP) is 1.62. The monoisotopic (exact) mass is 527 g/mol. The average Bonchev–Trinajstić information content (AvgIpc) is 3.28. The Hall–Kier alpha value is -4.22. The molecule has 1 aromatic carbocycles. The molecule has 1 N–H and O–H groups in total. The first-order chi connectivity index (χ1) is 18.2. The number of benzene rings is 1. The molecule has 38 heavy (non-hydrogen) atoms. The van der Waals surface area contributed by atoms with Crippen molar-refractivity contribution in [2.45, 2.75) is 32.3 Å². The minimum atomic E-state index is -0.565. The standard InChI is InChI=1S/C26H30FN5O6/c1-18(33)5-7-20-17-31(26(36)38-20)19-6-8-22(21(27)16-19)29-12-14-30(15-13-29)24(34)9-10-28-25(35)23-4-2-3-11-32(23)37/h2-4,6,8,11,16,20H,5,7,9-10,12-15,17H2,1H3,(H,28,35)/t20-/m0/s1. The molecule has 1 atom stereocenters. The zero-order chi connectivity index (χ0) is 27.2. The first-order valence-corrected chi connectivity index (χ1v) is 12.5. The van der Waals surface area contributed by atoms with E-state index in [0.717, 1.165) is 0 Å². The largest absolute Gasteiger partial charge is 0.618 e. The second kappa shape index (κ2) is 11.9. The minimum Gasteiger partial charge on any atom is -0.618 e. The fraction of sp³-hybridized carbons (Fsp3) is 0.423. The maximum Gasteiger partial charge on any atom is 0.414 e. The smallest absolute Gasteiger partial charge is 0.414 e. The van der Waals surface area contributed by atoms with Crippen LogP contribution in [-0.4, -0.2) is 74.0 Å². The zero-order valence-electron chi connectivity index (χ0n) is 21.1. The van der Waals surface area contributed by atoms with Crippen LogP contribution in [0.3, 0.4) is 0 Å². The van der Waals surface area contributed by atoms with Gasteiger partial charge in [0.25, 0.3) is 5.69 Å². The number of rotatable bonds is 9. The van der Waals surface area contributed by atoms with Crippen LogP contribution in [0.1, 0.15) is 36.7 Å². The fourth-order valence-electron chi connectivity index (χ4n) is 4.50. The summed E-state index contributed by atoms with van der Waals surface area (Å²) in [6.07, 6.45) is 1.08.